The van der Waals surface area contributed by atoms with Gasteiger partial charge in [0.15, 0.2) is 0 Å². The number of hydrogen-bond donors (Lipinski definition) is 1. The topological polar surface area (TPSA) is 80.8 Å². The van der Waals surface area contributed by atoms with Crippen LogP contribution in [0.5, 0.6) is 16.7 Å². The van der Waals surface area contributed by atoms with Gasteiger partial charge in [-0.05, 0) is 62.1 Å². The maximum atomic E-state index is 13.8. The molecule has 5 rings (SSSR count). The molecule has 7 nitrogen and oxygen atoms in total. The second-order valence-corrected chi connectivity index (χ2v) is 11.4. The van der Waals surface area contributed by atoms with Crippen LogP contribution in [-0.2, 0) is 10.0 Å². The number of piperidine rings is 1. The van der Waals surface area contributed by atoms with Crippen molar-refractivity contribution in [1.29, 1.82) is 0 Å². The van der Waals surface area contributed by atoms with Crippen molar-refractivity contribution in [2.45, 2.75) is 43.8 Å². The van der Waals surface area contributed by atoms with E-state index in [2.05, 4.69) is 14.6 Å². The molecule has 2 atom stereocenters. The van der Waals surface area contributed by atoms with Crippen molar-refractivity contribution in [3.05, 3.63) is 48.3 Å². The highest BCUT2D eigenvalue weighted by atomic mass is 32.2. The number of nitrogens with zero attached hydrogens (tertiary/aromatic N) is 2. The van der Waals surface area contributed by atoms with Crippen molar-refractivity contribution in [3.8, 4) is 16.7 Å². The van der Waals surface area contributed by atoms with Crippen LogP contribution < -0.4 is 14.2 Å². The Morgan fingerprint density at radius 2 is 1.82 bits per heavy atom. The Hall–Kier alpha value is -2.27. The largest absolute Gasteiger partial charge is 0.492 e. The predicted octanol–water partition coefficient (Wildman–Crippen LogP) is 4.15. The van der Waals surface area contributed by atoms with E-state index in [1.807, 2.05) is 24.3 Å². The summed E-state index contributed by atoms with van der Waals surface area (Å²) in [4.78, 5) is 6.78. The molecule has 10 heteroatoms. The minimum absolute atomic E-state index is 0.0362. The third-order valence-electron chi connectivity index (χ3n) is 6.26. The molecule has 2 bridgehead atoms. The van der Waals surface area contributed by atoms with E-state index in [1.165, 1.54) is 23.7 Å². The van der Waals surface area contributed by atoms with Gasteiger partial charge in [-0.3, -0.25) is 4.90 Å². The Balaban J connectivity index is 1.12. The zero-order valence-corrected chi connectivity index (χ0v) is 19.9. The average Bonchev–Trinajstić information content (AvgIpc) is 3.27. The zero-order valence-electron chi connectivity index (χ0n) is 18.2. The first-order valence-corrected chi connectivity index (χ1v) is 13.7. The molecule has 2 fully saturated rings. The molecule has 2 aliphatic rings. The second-order valence-electron chi connectivity index (χ2n) is 8.67. The second kappa shape index (κ2) is 9.17. The lowest BCUT2D eigenvalue weighted by Gasteiger charge is -2.38. The number of benzene rings is 2. The monoisotopic (exact) mass is 491 g/mol. The fraction of sp³-hybridized carbons (Fsp3) is 0.435. The van der Waals surface area contributed by atoms with Gasteiger partial charge < -0.3 is 9.47 Å². The maximum Gasteiger partial charge on any atom is 0.279 e. The Labute approximate surface area is 196 Å². The van der Waals surface area contributed by atoms with E-state index in [0.717, 1.165) is 38.0 Å². The molecule has 1 N–H and O–H groups in total. The van der Waals surface area contributed by atoms with Crippen molar-refractivity contribution >= 4 is 31.6 Å². The van der Waals surface area contributed by atoms with Crippen LogP contribution in [0.15, 0.2) is 42.5 Å². The summed E-state index contributed by atoms with van der Waals surface area (Å²) in [5.74, 6) is 1.06. The number of fused-ring (bicyclic) bond motifs is 3. The first kappa shape index (κ1) is 22.5. The molecule has 176 valence electrons. The van der Waals surface area contributed by atoms with E-state index in [0.29, 0.717) is 39.9 Å². The van der Waals surface area contributed by atoms with Crippen molar-refractivity contribution in [3.63, 3.8) is 0 Å². The number of rotatable bonds is 8. The molecule has 0 spiro atoms. The third-order valence-corrected chi connectivity index (χ3v) is 7.98. The first-order chi connectivity index (χ1) is 15.8. The molecule has 0 aliphatic carbocycles. The van der Waals surface area contributed by atoms with E-state index in [1.54, 1.807) is 12.1 Å². The summed E-state index contributed by atoms with van der Waals surface area (Å²) in [5, 5.41) is 0.396. The minimum Gasteiger partial charge on any atom is -0.492 e. The van der Waals surface area contributed by atoms with Crippen LogP contribution in [0.3, 0.4) is 0 Å². The van der Waals surface area contributed by atoms with Crippen molar-refractivity contribution in [2.24, 2.45) is 0 Å². The maximum absolute atomic E-state index is 13.8. The number of thiazole rings is 1. The van der Waals surface area contributed by atoms with Gasteiger partial charge in [-0.1, -0.05) is 17.4 Å². The summed E-state index contributed by atoms with van der Waals surface area (Å²) in [6.45, 7) is 1.38. The number of sulfonamides is 1. The molecule has 1 aromatic heterocycles. The number of ether oxygens (including phenoxy) is 2. The van der Waals surface area contributed by atoms with Crippen LogP contribution in [0.1, 0.15) is 25.7 Å². The van der Waals surface area contributed by atoms with E-state index in [4.69, 9.17) is 9.47 Å². The van der Waals surface area contributed by atoms with Gasteiger partial charge in [-0.25, -0.2) is 22.5 Å². The fourth-order valence-electron chi connectivity index (χ4n) is 4.95. The lowest BCUT2D eigenvalue weighted by molar-refractivity contribution is 0.103. The quantitative estimate of drug-likeness (QED) is 0.510. The molecule has 33 heavy (non-hydrogen) atoms. The van der Waals surface area contributed by atoms with E-state index in [-0.39, 0.29) is 11.9 Å². The molecule has 3 aromatic rings. The Kier molecular flexibility index (Phi) is 6.26. The smallest absolute Gasteiger partial charge is 0.279 e. The third kappa shape index (κ3) is 5.29. The number of aromatic nitrogens is 1. The molecular formula is C23H26FN3O4S2. The van der Waals surface area contributed by atoms with Gasteiger partial charge in [0, 0.05) is 24.7 Å². The summed E-state index contributed by atoms with van der Waals surface area (Å²) >= 11 is 1.18. The van der Waals surface area contributed by atoms with Crippen molar-refractivity contribution < 1.29 is 22.3 Å². The zero-order chi connectivity index (χ0) is 23.0. The SMILES string of the molecule is CS(=O)(=O)NC1CC2CCC(C1)N2CCOc1ccc(Oc2nc3cccc(F)c3s2)cc1. The molecule has 3 heterocycles. The Bertz CT molecular complexity index is 1220. The molecule has 2 unspecified atom stereocenters. The van der Waals surface area contributed by atoms with Crippen LogP contribution in [0.2, 0.25) is 0 Å². The van der Waals surface area contributed by atoms with Crippen molar-refractivity contribution in [1.82, 2.24) is 14.6 Å². The van der Waals surface area contributed by atoms with Gasteiger partial charge in [0.25, 0.3) is 5.19 Å². The molecule has 2 aromatic carbocycles. The van der Waals surface area contributed by atoms with Gasteiger partial charge in [0.2, 0.25) is 10.0 Å². The van der Waals surface area contributed by atoms with Gasteiger partial charge in [0.1, 0.15) is 23.9 Å². The van der Waals surface area contributed by atoms with Gasteiger partial charge in [-0.2, -0.15) is 0 Å². The van der Waals surface area contributed by atoms with Crippen LogP contribution in [0.4, 0.5) is 4.39 Å². The van der Waals surface area contributed by atoms with Crippen LogP contribution in [0, 0.1) is 5.82 Å². The van der Waals surface area contributed by atoms with E-state index in [9.17, 15) is 12.8 Å². The van der Waals surface area contributed by atoms with E-state index >= 15 is 0 Å². The summed E-state index contributed by atoms with van der Waals surface area (Å²) in [6.07, 6.45) is 5.14. The summed E-state index contributed by atoms with van der Waals surface area (Å²) < 4.78 is 51.9. The van der Waals surface area contributed by atoms with Gasteiger partial charge in [0.05, 0.1) is 16.5 Å². The van der Waals surface area contributed by atoms with E-state index < -0.39 is 10.0 Å². The van der Waals surface area contributed by atoms with Gasteiger partial charge >= 0.3 is 0 Å². The van der Waals surface area contributed by atoms with Crippen molar-refractivity contribution in [2.75, 3.05) is 19.4 Å². The highest BCUT2D eigenvalue weighted by Gasteiger charge is 2.41. The van der Waals surface area contributed by atoms with Crippen LogP contribution in [-0.4, -0.2) is 55.8 Å². The fourth-order valence-corrected chi connectivity index (χ4v) is 6.59. The highest BCUT2D eigenvalue weighted by Crippen LogP contribution is 2.36. The predicted molar refractivity (Wildman–Crippen MR) is 126 cm³/mol. The normalized spacial score (nSPS) is 23.2. The summed E-state index contributed by atoms with van der Waals surface area (Å²) in [6, 6.07) is 13.0. The molecule has 0 radical (unpaired) electrons. The summed E-state index contributed by atoms with van der Waals surface area (Å²) in [7, 11) is -3.17. The first-order valence-electron chi connectivity index (χ1n) is 11.0. The minimum atomic E-state index is -3.17. The Morgan fingerprint density at radius 3 is 2.48 bits per heavy atom. The highest BCUT2D eigenvalue weighted by molar-refractivity contribution is 7.88. The number of hydrogen-bond acceptors (Lipinski definition) is 7. The number of nitrogens with one attached hydrogen (secondary N) is 1. The van der Waals surface area contributed by atoms with Crippen LogP contribution >= 0.6 is 11.3 Å². The molecule has 0 amide bonds. The summed E-state index contributed by atoms with van der Waals surface area (Å²) in [5.41, 5.74) is 0.583. The standard InChI is InChI=1S/C23H26FN3O4S2/c1-33(28,29)26-15-13-16-5-6-17(14-15)27(16)11-12-30-18-7-9-19(10-8-18)31-23-25-21-4-2-3-20(24)22(21)32-23/h2-4,7-10,15-17,26H,5-6,11-14H2,1H3. The van der Waals surface area contributed by atoms with Crippen LogP contribution in [0.25, 0.3) is 10.2 Å². The molecular weight excluding hydrogens is 465 g/mol. The molecule has 2 aliphatic heterocycles. The lowest BCUT2D eigenvalue weighted by atomic mass is 9.98. The molecule has 2 saturated heterocycles. The number of halogens is 1. The lowest BCUT2D eigenvalue weighted by Crippen LogP contribution is -2.51. The Morgan fingerprint density at radius 1 is 1.12 bits per heavy atom. The average molecular weight is 492 g/mol. The van der Waals surface area contributed by atoms with Gasteiger partial charge in [-0.15, -0.1) is 0 Å². The molecule has 0 saturated carbocycles.